The molecule has 2 amide bonds. The van der Waals surface area contributed by atoms with Crippen molar-refractivity contribution in [2.45, 2.75) is 6.92 Å². The molecule has 3 aromatic rings. The van der Waals surface area contributed by atoms with Gasteiger partial charge in [-0.25, -0.2) is 0 Å². The average Bonchev–Trinajstić information content (AvgIpc) is 3.40. The van der Waals surface area contributed by atoms with Gasteiger partial charge in [0.2, 0.25) is 5.91 Å². The van der Waals surface area contributed by atoms with Crippen molar-refractivity contribution in [2.75, 3.05) is 45.2 Å². The van der Waals surface area contributed by atoms with Crippen molar-refractivity contribution in [3.63, 3.8) is 0 Å². The highest BCUT2D eigenvalue weighted by atomic mass is 32.1. The third-order valence-electron chi connectivity index (χ3n) is 5.09. The maximum absolute atomic E-state index is 13.1. The number of rotatable bonds is 6. The molecule has 0 spiro atoms. The Hall–Kier alpha value is -3.17. The minimum absolute atomic E-state index is 0.0359. The van der Waals surface area contributed by atoms with Crippen LogP contribution in [0.1, 0.15) is 15.4 Å². The smallest absolute Gasteiger partial charge is 0.267 e. The van der Waals surface area contributed by atoms with Gasteiger partial charge in [0.05, 0.1) is 13.7 Å². The number of methoxy groups -OCH3 is 1. The molecule has 31 heavy (non-hydrogen) atoms. The van der Waals surface area contributed by atoms with Gasteiger partial charge in [-0.2, -0.15) is 0 Å². The fourth-order valence-electron chi connectivity index (χ4n) is 3.48. The van der Waals surface area contributed by atoms with E-state index in [0.717, 1.165) is 10.4 Å². The molecule has 0 unspecified atom stereocenters. The number of nitrogens with one attached hydrogen (secondary N) is 1. The van der Waals surface area contributed by atoms with Crippen LogP contribution in [0.4, 0.5) is 5.82 Å². The lowest BCUT2D eigenvalue weighted by molar-refractivity contribution is -0.117. The van der Waals surface area contributed by atoms with E-state index in [9.17, 15) is 9.59 Å². The summed E-state index contributed by atoms with van der Waals surface area (Å²) >= 11 is 1.44. The van der Waals surface area contributed by atoms with E-state index < -0.39 is 0 Å². The number of hydrogen-bond acceptors (Lipinski definition) is 7. The molecule has 1 N–H and O–H groups in total. The molecule has 0 bridgehead atoms. The summed E-state index contributed by atoms with van der Waals surface area (Å²) in [6.07, 6.45) is 0. The van der Waals surface area contributed by atoms with Crippen LogP contribution in [-0.4, -0.2) is 66.6 Å². The van der Waals surface area contributed by atoms with Gasteiger partial charge in [-0.05, 0) is 18.6 Å². The molecule has 1 aliphatic heterocycles. The Labute approximate surface area is 184 Å². The molecule has 9 heteroatoms. The number of aromatic nitrogens is 1. The van der Waals surface area contributed by atoms with Gasteiger partial charge in [-0.3, -0.25) is 14.5 Å². The minimum Gasteiger partial charge on any atom is -0.495 e. The van der Waals surface area contributed by atoms with Crippen molar-refractivity contribution >= 4 is 29.0 Å². The van der Waals surface area contributed by atoms with Gasteiger partial charge in [0.1, 0.15) is 16.4 Å². The normalized spacial score (nSPS) is 14.5. The highest BCUT2D eigenvalue weighted by Crippen LogP contribution is 2.37. The van der Waals surface area contributed by atoms with Gasteiger partial charge in [-0.1, -0.05) is 35.5 Å². The summed E-state index contributed by atoms with van der Waals surface area (Å²) in [5.74, 6) is 1.46. The van der Waals surface area contributed by atoms with Gasteiger partial charge >= 0.3 is 0 Å². The molecule has 0 aliphatic carbocycles. The predicted molar refractivity (Wildman–Crippen MR) is 119 cm³/mol. The molecule has 1 aliphatic rings. The van der Waals surface area contributed by atoms with E-state index >= 15 is 0 Å². The van der Waals surface area contributed by atoms with E-state index in [1.165, 1.54) is 11.3 Å². The maximum atomic E-state index is 13.1. The molecule has 1 aromatic carbocycles. The number of thiophene rings is 1. The molecule has 0 radical (unpaired) electrons. The standard InChI is InChI=1S/C22H24N4O4S/c1-15-12-19(24-30-15)23-20(27)14-25-8-10-26(11-9-25)22(28)21-17(29-2)13-18(31-21)16-6-4-3-5-7-16/h3-7,12-13H,8-11,14H2,1-2H3,(H,23,24,27). The first-order chi connectivity index (χ1) is 15.0. The second kappa shape index (κ2) is 9.32. The Balaban J connectivity index is 1.35. The minimum atomic E-state index is -0.152. The molecular weight excluding hydrogens is 416 g/mol. The van der Waals surface area contributed by atoms with E-state index in [4.69, 9.17) is 9.26 Å². The van der Waals surface area contributed by atoms with E-state index in [1.807, 2.05) is 46.2 Å². The Bertz CT molecular complexity index is 1050. The topological polar surface area (TPSA) is 87.9 Å². The van der Waals surface area contributed by atoms with E-state index in [0.29, 0.717) is 48.4 Å². The zero-order chi connectivity index (χ0) is 21.8. The first-order valence-corrected chi connectivity index (χ1v) is 10.8. The van der Waals surface area contributed by atoms with Crippen LogP contribution >= 0.6 is 11.3 Å². The molecule has 1 saturated heterocycles. The van der Waals surface area contributed by atoms with Crippen LogP contribution in [0, 0.1) is 6.92 Å². The predicted octanol–water partition coefficient (Wildman–Crippen LogP) is 3.12. The fraction of sp³-hybridized carbons (Fsp3) is 0.318. The number of nitrogens with zero attached hydrogens (tertiary/aromatic N) is 3. The lowest BCUT2D eigenvalue weighted by atomic mass is 10.2. The third kappa shape index (κ3) is 4.95. The quantitative estimate of drug-likeness (QED) is 0.634. The summed E-state index contributed by atoms with van der Waals surface area (Å²) in [5.41, 5.74) is 1.06. The van der Waals surface area contributed by atoms with Crippen LogP contribution < -0.4 is 10.1 Å². The van der Waals surface area contributed by atoms with Gasteiger partial charge in [-0.15, -0.1) is 11.3 Å². The lowest BCUT2D eigenvalue weighted by Gasteiger charge is -2.34. The molecule has 2 aromatic heterocycles. The molecule has 1 fully saturated rings. The first-order valence-electron chi connectivity index (χ1n) is 10.0. The number of carbonyl (C=O) groups excluding carboxylic acids is 2. The summed E-state index contributed by atoms with van der Waals surface area (Å²) < 4.78 is 10.4. The Morgan fingerprint density at radius 1 is 1.16 bits per heavy atom. The number of ether oxygens (including phenoxy) is 1. The first kappa shape index (κ1) is 21.1. The fourth-order valence-corrected chi connectivity index (χ4v) is 4.58. The number of aryl methyl sites for hydroxylation is 1. The molecule has 0 saturated carbocycles. The zero-order valence-electron chi connectivity index (χ0n) is 17.5. The van der Waals surface area contributed by atoms with Crippen LogP contribution in [-0.2, 0) is 4.79 Å². The van der Waals surface area contributed by atoms with Crippen LogP contribution in [0.25, 0.3) is 10.4 Å². The summed E-state index contributed by atoms with van der Waals surface area (Å²) in [5, 5.41) is 6.49. The molecule has 8 nitrogen and oxygen atoms in total. The summed E-state index contributed by atoms with van der Waals surface area (Å²) in [6.45, 7) is 4.36. The van der Waals surface area contributed by atoms with Crippen molar-refractivity contribution in [1.29, 1.82) is 0 Å². The monoisotopic (exact) mass is 440 g/mol. The van der Waals surface area contributed by atoms with E-state index in [-0.39, 0.29) is 18.4 Å². The van der Waals surface area contributed by atoms with Crippen LogP contribution in [0.15, 0.2) is 47.0 Å². The highest BCUT2D eigenvalue weighted by Gasteiger charge is 2.27. The SMILES string of the molecule is COc1cc(-c2ccccc2)sc1C(=O)N1CCN(CC(=O)Nc2cc(C)on2)CC1. The number of anilines is 1. The number of amides is 2. The van der Waals surface area contributed by atoms with E-state index in [1.54, 1.807) is 20.1 Å². The van der Waals surface area contributed by atoms with Gasteiger partial charge in [0, 0.05) is 37.1 Å². The van der Waals surface area contributed by atoms with Gasteiger partial charge < -0.3 is 19.5 Å². The average molecular weight is 441 g/mol. The van der Waals surface area contributed by atoms with Crippen molar-refractivity contribution in [1.82, 2.24) is 15.0 Å². The second-order valence-electron chi connectivity index (χ2n) is 7.31. The van der Waals surface area contributed by atoms with Gasteiger partial charge in [0.25, 0.3) is 5.91 Å². The Kier molecular flexibility index (Phi) is 6.34. The summed E-state index contributed by atoms with van der Waals surface area (Å²) in [6, 6.07) is 13.5. The van der Waals surface area contributed by atoms with Crippen molar-refractivity contribution in [3.8, 4) is 16.2 Å². The Morgan fingerprint density at radius 3 is 2.55 bits per heavy atom. The lowest BCUT2D eigenvalue weighted by Crippen LogP contribution is -2.50. The molecule has 0 atom stereocenters. The van der Waals surface area contributed by atoms with Crippen LogP contribution in [0.2, 0.25) is 0 Å². The number of carbonyl (C=O) groups is 2. The second-order valence-corrected chi connectivity index (χ2v) is 8.37. The summed E-state index contributed by atoms with van der Waals surface area (Å²) in [4.78, 5) is 30.8. The van der Waals surface area contributed by atoms with Gasteiger partial charge in [0.15, 0.2) is 5.82 Å². The maximum Gasteiger partial charge on any atom is 0.267 e. The third-order valence-corrected chi connectivity index (χ3v) is 6.25. The summed E-state index contributed by atoms with van der Waals surface area (Å²) in [7, 11) is 1.58. The van der Waals surface area contributed by atoms with Crippen molar-refractivity contribution < 1.29 is 18.8 Å². The Morgan fingerprint density at radius 2 is 1.90 bits per heavy atom. The molecule has 3 heterocycles. The van der Waals surface area contributed by atoms with Crippen LogP contribution in [0.5, 0.6) is 5.75 Å². The number of piperazine rings is 1. The highest BCUT2D eigenvalue weighted by molar-refractivity contribution is 7.17. The number of benzene rings is 1. The number of hydrogen-bond donors (Lipinski definition) is 1. The molecule has 4 rings (SSSR count). The zero-order valence-corrected chi connectivity index (χ0v) is 18.3. The largest absolute Gasteiger partial charge is 0.495 e. The molecular formula is C22H24N4O4S. The van der Waals surface area contributed by atoms with Crippen molar-refractivity contribution in [3.05, 3.63) is 53.1 Å². The van der Waals surface area contributed by atoms with E-state index in [2.05, 4.69) is 10.5 Å². The van der Waals surface area contributed by atoms with Crippen LogP contribution in [0.3, 0.4) is 0 Å². The molecule has 162 valence electrons. The van der Waals surface area contributed by atoms with Crippen molar-refractivity contribution in [2.24, 2.45) is 0 Å².